The zero-order chi connectivity index (χ0) is 15.7. The second-order valence-corrected chi connectivity index (χ2v) is 5.90. The van der Waals surface area contributed by atoms with Crippen LogP contribution in [0, 0.1) is 5.41 Å². The van der Waals surface area contributed by atoms with Crippen LogP contribution in [0.4, 0.5) is 13.2 Å². The Morgan fingerprint density at radius 3 is 2.71 bits per heavy atom. The number of aromatic nitrogens is 1. The number of piperidine rings is 1. The van der Waals surface area contributed by atoms with Gasteiger partial charge in [0.2, 0.25) is 5.91 Å². The molecule has 0 saturated carbocycles. The monoisotopic (exact) mass is 303 g/mol. The first-order valence-electron chi connectivity index (χ1n) is 6.93. The third-order valence-corrected chi connectivity index (χ3v) is 3.94. The summed E-state index contributed by atoms with van der Waals surface area (Å²) >= 11 is 0. The summed E-state index contributed by atoms with van der Waals surface area (Å²) in [6.07, 6.45) is -0.239. The topological polar surface area (TPSA) is 46.1 Å². The number of amides is 1. The molecule has 118 valence electrons. The number of rotatable bonds is 3. The summed E-state index contributed by atoms with van der Waals surface area (Å²) in [7, 11) is 1.64. The van der Waals surface area contributed by atoms with Crippen LogP contribution >= 0.6 is 0 Å². The predicted octanol–water partition coefficient (Wildman–Crippen LogP) is 2.13. The van der Waals surface area contributed by atoms with Gasteiger partial charge in [-0.15, -0.1) is 0 Å². The molecule has 1 saturated heterocycles. The number of halogens is 3. The van der Waals surface area contributed by atoms with Gasteiger partial charge < -0.3 is 15.2 Å². The van der Waals surface area contributed by atoms with Gasteiger partial charge in [-0.25, -0.2) is 0 Å². The maximum Gasteiger partial charge on any atom is 0.412 e. The van der Waals surface area contributed by atoms with Crippen LogP contribution in [0.15, 0.2) is 18.5 Å². The number of nitrogens with zero attached hydrogens (tertiary/aromatic N) is 1. The van der Waals surface area contributed by atoms with Crippen molar-refractivity contribution < 1.29 is 18.0 Å². The normalized spacial score (nSPS) is 24.6. The smallest absolute Gasteiger partial charge is 0.357 e. The molecule has 0 radical (unpaired) electrons. The van der Waals surface area contributed by atoms with Crippen molar-refractivity contribution >= 4 is 5.91 Å². The highest BCUT2D eigenvalue weighted by Crippen LogP contribution is 2.35. The molecule has 1 amide bonds. The molecule has 2 heterocycles. The van der Waals surface area contributed by atoms with E-state index < -0.39 is 23.5 Å². The predicted molar refractivity (Wildman–Crippen MR) is 72.6 cm³/mol. The van der Waals surface area contributed by atoms with E-state index >= 15 is 0 Å². The van der Waals surface area contributed by atoms with E-state index in [2.05, 4.69) is 10.6 Å². The average Bonchev–Trinajstić information content (AvgIpc) is 2.81. The summed E-state index contributed by atoms with van der Waals surface area (Å²) in [6, 6.07) is -0.593. The fourth-order valence-corrected chi connectivity index (χ4v) is 2.61. The van der Waals surface area contributed by atoms with E-state index in [0.29, 0.717) is 13.0 Å². The number of carbonyl (C=O) groups is 1. The molecule has 2 rings (SSSR count). The Bertz CT molecular complexity index is 504. The largest absolute Gasteiger partial charge is 0.412 e. The number of aryl methyl sites for hydroxylation is 1. The Balaban J connectivity index is 2.17. The van der Waals surface area contributed by atoms with Crippen LogP contribution in [0.3, 0.4) is 0 Å². The van der Waals surface area contributed by atoms with E-state index in [1.807, 2.05) is 0 Å². The van der Waals surface area contributed by atoms with E-state index in [-0.39, 0.29) is 5.56 Å². The van der Waals surface area contributed by atoms with Crippen LogP contribution in [-0.4, -0.2) is 29.7 Å². The second kappa shape index (κ2) is 5.71. The molecule has 0 bridgehead atoms. The van der Waals surface area contributed by atoms with Crippen LogP contribution in [0.1, 0.15) is 31.4 Å². The first-order valence-corrected chi connectivity index (χ1v) is 6.93. The molecule has 0 aromatic carbocycles. The van der Waals surface area contributed by atoms with Gasteiger partial charge >= 0.3 is 6.18 Å². The molecule has 21 heavy (non-hydrogen) atoms. The van der Waals surface area contributed by atoms with Crippen molar-refractivity contribution in [2.45, 2.75) is 32.0 Å². The van der Waals surface area contributed by atoms with Crippen molar-refractivity contribution in [3.8, 4) is 0 Å². The van der Waals surface area contributed by atoms with Gasteiger partial charge in [-0.05, 0) is 32.4 Å². The fourth-order valence-electron chi connectivity index (χ4n) is 2.61. The molecule has 1 aliphatic rings. The number of hydrogen-bond acceptors (Lipinski definition) is 2. The maximum absolute atomic E-state index is 13.2. The molecule has 1 aromatic rings. The lowest BCUT2D eigenvalue weighted by Gasteiger charge is -2.34. The van der Waals surface area contributed by atoms with Gasteiger partial charge in [0.05, 0.1) is 5.41 Å². The van der Waals surface area contributed by atoms with Crippen molar-refractivity contribution in [3.05, 3.63) is 24.0 Å². The lowest BCUT2D eigenvalue weighted by atomic mass is 9.81. The SMILES string of the molecule is Cn1ccc([C@H](NC(=O)[C@]2(C)CCCNC2)C(F)(F)F)c1. The quantitative estimate of drug-likeness (QED) is 0.898. The van der Waals surface area contributed by atoms with Gasteiger partial charge in [0, 0.05) is 31.5 Å². The molecular formula is C14H20F3N3O. The minimum absolute atomic E-state index is 0.0470. The molecule has 2 N–H and O–H groups in total. The highest BCUT2D eigenvalue weighted by molar-refractivity contribution is 5.83. The molecule has 1 aromatic heterocycles. The lowest BCUT2D eigenvalue weighted by molar-refractivity contribution is -0.166. The van der Waals surface area contributed by atoms with Gasteiger partial charge in [0.1, 0.15) is 0 Å². The first kappa shape index (κ1) is 15.9. The summed E-state index contributed by atoms with van der Waals surface area (Å²) in [5, 5.41) is 5.25. The van der Waals surface area contributed by atoms with E-state index in [1.54, 1.807) is 14.0 Å². The molecule has 1 fully saturated rings. The Labute approximate surface area is 121 Å². The van der Waals surface area contributed by atoms with E-state index in [1.165, 1.54) is 23.0 Å². The first-order chi connectivity index (χ1) is 9.72. The Morgan fingerprint density at radius 1 is 1.52 bits per heavy atom. The number of hydrogen-bond donors (Lipinski definition) is 2. The van der Waals surface area contributed by atoms with Crippen LogP contribution in [0.25, 0.3) is 0 Å². The number of nitrogens with one attached hydrogen (secondary N) is 2. The zero-order valence-electron chi connectivity index (χ0n) is 12.1. The average molecular weight is 303 g/mol. The highest BCUT2D eigenvalue weighted by Gasteiger charge is 2.45. The van der Waals surface area contributed by atoms with Gasteiger partial charge in [0.15, 0.2) is 6.04 Å². The summed E-state index contributed by atoms with van der Waals surface area (Å²) in [6.45, 7) is 2.90. The number of alkyl halides is 3. The molecule has 1 aliphatic heterocycles. The molecule has 0 aliphatic carbocycles. The fraction of sp³-hybridized carbons (Fsp3) is 0.643. The van der Waals surface area contributed by atoms with E-state index in [9.17, 15) is 18.0 Å². The third-order valence-electron chi connectivity index (χ3n) is 3.94. The van der Waals surface area contributed by atoms with Crippen LogP contribution in [0.2, 0.25) is 0 Å². The van der Waals surface area contributed by atoms with Gasteiger partial charge in [-0.1, -0.05) is 0 Å². The van der Waals surface area contributed by atoms with Crippen LogP contribution in [-0.2, 0) is 11.8 Å². The number of carbonyl (C=O) groups excluding carboxylic acids is 1. The summed E-state index contributed by atoms with van der Waals surface area (Å²) in [5.74, 6) is -0.555. The van der Waals surface area contributed by atoms with Gasteiger partial charge in [-0.3, -0.25) is 4.79 Å². The zero-order valence-corrected chi connectivity index (χ0v) is 12.1. The van der Waals surface area contributed by atoms with E-state index in [0.717, 1.165) is 13.0 Å². The lowest BCUT2D eigenvalue weighted by Crippen LogP contribution is -2.51. The molecule has 2 atom stereocenters. The van der Waals surface area contributed by atoms with Crippen LogP contribution < -0.4 is 10.6 Å². The molecule has 0 spiro atoms. The summed E-state index contributed by atoms with van der Waals surface area (Å²) in [5.41, 5.74) is -0.748. The van der Waals surface area contributed by atoms with E-state index in [4.69, 9.17) is 0 Å². The molecular weight excluding hydrogens is 283 g/mol. The second-order valence-electron chi connectivity index (χ2n) is 5.90. The minimum atomic E-state index is -4.52. The van der Waals surface area contributed by atoms with Crippen LogP contribution in [0.5, 0.6) is 0 Å². The summed E-state index contributed by atoms with van der Waals surface area (Å²) in [4.78, 5) is 12.3. The molecule has 0 unspecified atom stereocenters. The minimum Gasteiger partial charge on any atom is -0.357 e. The van der Waals surface area contributed by atoms with Crippen molar-refractivity contribution in [2.75, 3.05) is 13.1 Å². The molecule has 4 nitrogen and oxygen atoms in total. The Hall–Kier alpha value is -1.50. The maximum atomic E-state index is 13.2. The van der Waals surface area contributed by atoms with Crippen molar-refractivity contribution in [1.29, 1.82) is 0 Å². The highest BCUT2D eigenvalue weighted by atomic mass is 19.4. The Morgan fingerprint density at radius 2 is 2.24 bits per heavy atom. The standard InChI is InChI=1S/C14H20F3N3O/c1-13(5-3-6-18-9-13)12(21)19-11(14(15,16)17)10-4-7-20(2)8-10/h4,7-8,11,18H,3,5-6,9H2,1-2H3,(H,19,21)/t11-,13+/m0/s1. The summed E-state index contributed by atoms with van der Waals surface area (Å²) < 4.78 is 41.2. The third kappa shape index (κ3) is 3.58. The Kier molecular flexibility index (Phi) is 4.32. The van der Waals surface area contributed by atoms with Crippen molar-refractivity contribution in [1.82, 2.24) is 15.2 Å². The van der Waals surface area contributed by atoms with Crippen molar-refractivity contribution in [3.63, 3.8) is 0 Å². The van der Waals surface area contributed by atoms with Crippen molar-refractivity contribution in [2.24, 2.45) is 12.5 Å². The van der Waals surface area contributed by atoms with Gasteiger partial charge in [0.25, 0.3) is 0 Å². The molecule has 7 heteroatoms. The van der Waals surface area contributed by atoms with Gasteiger partial charge in [-0.2, -0.15) is 13.2 Å².